The Labute approximate surface area is 106 Å². The number of hydrogen-bond acceptors (Lipinski definition) is 4. The third kappa shape index (κ3) is 4.54. The summed E-state index contributed by atoms with van der Waals surface area (Å²) in [6, 6.07) is 0.580. The molecule has 2 aliphatic rings. The van der Waals surface area contributed by atoms with E-state index in [1.807, 2.05) is 13.8 Å². The van der Waals surface area contributed by atoms with E-state index in [9.17, 15) is 0 Å². The summed E-state index contributed by atoms with van der Waals surface area (Å²) in [5.41, 5.74) is 0. The summed E-state index contributed by atoms with van der Waals surface area (Å²) in [5.74, 6) is 0.886. The predicted octanol–water partition coefficient (Wildman–Crippen LogP) is 0.494. The van der Waals surface area contributed by atoms with Crippen molar-refractivity contribution in [1.82, 2.24) is 15.1 Å². The largest absolute Gasteiger partial charge is 0.383 e. The number of methoxy groups -OCH3 is 1. The molecule has 1 atom stereocenters. The molecular weight excluding hydrogens is 214 g/mol. The number of rotatable bonds is 4. The summed E-state index contributed by atoms with van der Waals surface area (Å²) in [6.45, 7) is 12.1. The highest BCUT2D eigenvalue weighted by Gasteiger charge is 2.27. The van der Waals surface area contributed by atoms with E-state index in [0.717, 1.165) is 12.5 Å². The first-order chi connectivity index (χ1) is 8.29. The molecular formula is C13H29N3O. The van der Waals surface area contributed by atoms with Gasteiger partial charge in [-0.2, -0.15) is 0 Å². The highest BCUT2D eigenvalue weighted by molar-refractivity contribution is 4.84. The minimum atomic E-state index is 0.580. The van der Waals surface area contributed by atoms with Crippen LogP contribution < -0.4 is 5.32 Å². The number of likely N-dealkylation sites (N-methyl/N-ethyl adjacent to an activating group) is 1. The molecule has 0 amide bonds. The van der Waals surface area contributed by atoms with Gasteiger partial charge in [-0.15, -0.1) is 0 Å². The molecule has 0 aliphatic carbocycles. The van der Waals surface area contributed by atoms with Gasteiger partial charge in [0, 0.05) is 52.4 Å². The molecule has 0 aromatic rings. The highest BCUT2D eigenvalue weighted by Crippen LogP contribution is 2.12. The molecule has 2 rings (SSSR count). The Morgan fingerprint density at radius 3 is 2.47 bits per heavy atom. The monoisotopic (exact) mass is 243 g/mol. The van der Waals surface area contributed by atoms with Gasteiger partial charge in [0.15, 0.2) is 0 Å². The van der Waals surface area contributed by atoms with Gasteiger partial charge in [0.05, 0.1) is 6.61 Å². The summed E-state index contributed by atoms with van der Waals surface area (Å²) in [7, 11) is 3.99. The zero-order chi connectivity index (χ0) is 12.7. The topological polar surface area (TPSA) is 27.7 Å². The summed E-state index contributed by atoms with van der Waals surface area (Å²) < 4.78 is 5.26. The Balaban J connectivity index is 0.000000686. The standard InChI is InChI=1S/C11H23N3O.C2H6/c1-13-3-4-14(7-10-5-12-6-10)8-11(13)9-15-2;1-2/h10-12H,3-9H2,1-2H3;1-2H3. The summed E-state index contributed by atoms with van der Waals surface area (Å²) >= 11 is 0. The summed E-state index contributed by atoms with van der Waals surface area (Å²) in [5, 5.41) is 3.33. The first kappa shape index (κ1) is 14.9. The van der Waals surface area contributed by atoms with Crippen molar-refractivity contribution < 1.29 is 4.74 Å². The third-order valence-electron chi connectivity index (χ3n) is 3.60. The van der Waals surface area contributed by atoms with E-state index in [0.29, 0.717) is 6.04 Å². The van der Waals surface area contributed by atoms with Gasteiger partial charge in [-0.3, -0.25) is 4.90 Å². The lowest BCUT2D eigenvalue weighted by Gasteiger charge is -2.42. The molecule has 2 aliphatic heterocycles. The molecule has 0 radical (unpaired) electrons. The van der Waals surface area contributed by atoms with Crippen molar-refractivity contribution in [1.29, 1.82) is 0 Å². The lowest BCUT2D eigenvalue weighted by atomic mass is 10.0. The molecule has 0 saturated carbocycles. The number of hydrogen-bond donors (Lipinski definition) is 1. The molecule has 0 spiro atoms. The Hall–Kier alpha value is -0.160. The lowest BCUT2D eigenvalue weighted by Crippen LogP contribution is -2.56. The van der Waals surface area contributed by atoms with Gasteiger partial charge in [-0.05, 0) is 13.0 Å². The van der Waals surface area contributed by atoms with Crippen molar-refractivity contribution in [3.63, 3.8) is 0 Å². The van der Waals surface area contributed by atoms with Crippen LogP contribution in [0.15, 0.2) is 0 Å². The van der Waals surface area contributed by atoms with Crippen LogP contribution in [0.1, 0.15) is 13.8 Å². The lowest BCUT2D eigenvalue weighted by molar-refractivity contribution is 0.0308. The molecule has 2 fully saturated rings. The molecule has 0 bridgehead atoms. The average molecular weight is 243 g/mol. The number of piperazine rings is 1. The molecule has 0 aromatic carbocycles. The second-order valence-corrected chi connectivity index (χ2v) is 4.87. The molecule has 2 heterocycles. The fourth-order valence-corrected chi connectivity index (χ4v) is 2.39. The van der Waals surface area contributed by atoms with Crippen LogP contribution in [0, 0.1) is 5.92 Å². The quantitative estimate of drug-likeness (QED) is 0.778. The minimum absolute atomic E-state index is 0.580. The van der Waals surface area contributed by atoms with Gasteiger partial charge < -0.3 is 15.0 Å². The number of nitrogens with one attached hydrogen (secondary N) is 1. The molecule has 1 unspecified atom stereocenters. The summed E-state index contributed by atoms with van der Waals surface area (Å²) in [6.07, 6.45) is 0. The van der Waals surface area contributed by atoms with E-state index in [1.165, 1.54) is 39.3 Å². The Morgan fingerprint density at radius 2 is 1.94 bits per heavy atom. The van der Waals surface area contributed by atoms with Crippen molar-refractivity contribution in [2.75, 3.05) is 60.0 Å². The number of ether oxygens (including phenoxy) is 1. The Bertz CT molecular complexity index is 197. The molecule has 0 aromatic heterocycles. The minimum Gasteiger partial charge on any atom is -0.383 e. The van der Waals surface area contributed by atoms with Crippen molar-refractivity contribution in [3.8, 4) is 0 Å². The third-order valence-corrected chi connectivity index (χ3v) is 3.60. The highest BCUT2D eigenvalue weighted by atomic mass is 16.5. The molecule has 2 saturated heterocycles. The first-order valence-electron chi connectivity index (χ1n) is 6.92. The van der Waals surface area contributed by atoms with E-state index in [-0.39, 0.29) is 0 Å². The summed E-state index contributed by atoms with van der Waals surface area (Å²) in [4.78, 5) is 5.01. The maximum absolute atomic E-state index is 5.26. The van der Waals surface area contributed by atoms with Gasteiger partial charge >= 0.3 is 0 Å². The molecule has 1 N–H and O–H groups in total. The van der Waals surface area contributed by atoms with E-state index in [4.69, 9.17) is 4.74 Å². The second-order valence-electron chi connectivity index (χ2n) is 4.87. The van der Waals surface area contributed by atoms with E-state index in [1.54, 1.807) is 7.11 Å². The normalized spacial score (nSPS) is 27.2. The average Bonchev–Trinajstić information content (AvgIpc) is 2.31. The molecule has 4 heteroatoms. The van der Waals surface area contributed by atoms with Crippen LogP contribution in [-0.4, -0.2) is 75.9 Å². The predicted molar refractivity (Wildman–Crippen MR) is 72.4 cm³/mol. The van der Waals surface area contributed by atoms with Gasteiger partial charge in [-0.1, -0.05) is 13.8 Å². The van der Waals surface area contributed by atoms with Crippen LogP contribution >= 0.6 is 0 Å². The fraction of sp³-hybridized carbons (Fsp3) is 1.00. The van der Waals surface area contributed by atoms with Crippen molar-refractivity contribution in [3.05, 3.63) is 0 Å². The van der Waals surface area contributed by atoms with Gasteiger partial charge in [0.1, 0.15) is 0 Å². The van der Waals surface area contributed by atoms with Crippen LogP contribution in [0.5, 0.6) is 0 Å². The number of nitrogens with zero attached hydrogens (tertiary/aromatic N) is 2. The maximum Gasteiger partial charge on any atom is 0.0630 e. The van der Waals surface area contributed by atoms with Crippen LogP contribution in [-0.2, 0) is 4.74 Å². The maximum atomic E-state index is 5.26. The zero-order valence-electron chi connectivity index (χ0n) is 11.9. The van der Waals surface area contributed by atoms with Crippen LogP contribution in [0.2, 0.25) is 0 Å². The molecule has 17 heavy (non-hydrogen) atoms. The molecule has 102 valence electrons. The smallest absolute Gasteiger partial charge is 0.0630 e. The van der Waals surface area contributed by atoms with E-state index in [2.05, 4.69) is 22.2 Å². The van der Waals surface area contributed by atoms with Gasteiger partial charge in [0.25, 0.3) is 0 Å². The van der Waals surface area contributed by atoms with E-state index >= 15 is 0 Å². The van der Waals surface area contributed by atoms with Crippen LogP contribution in [0.4, 0.5) is 0 Å². The van der Waals surface area contributed by atoms with Crippen LogP contribution in [0.3, 0.4) is 0 Å². The second kappa shape index (κ2) is 8.03. The van der Waals surface area contributed by atoms with Crippen molar-refractivity contribution >= 4 is 0 Å². The van der Waals surface area contributed by atoms with Crippen LogP contribution in [0.25, 0.3) is 0 Å². The fourth-order valence-electron chi connectivity index (χ4n) is 2.39. The Kier molecular flexibility index (Phi) is 7.04. The zero-order valence-corrected chi connectivity index (χ0v) is 11.9. The molecule has 4 nitrogen and oxygen atoms in total. The van der Waals surface area contributed by atoms with E-state index < -0.39 is 0 Å². The van der Waals surface area contributed by atoms with Crippen molar-refractivity contribution in [2.45, 2.75) is 19.9 Å². The van der Waals surface area contributed by atoms with Gasteiger partial charge in [0.2, 0.25) is 0 Å². The SMILES string of the molecule is CC.COCC1CN(CC2CNC2)CCN1C. The van der Waals surface area contributed by atoms with Crippen molar-refractivity contribution in [2.24, 2.45) is 5.92 Å². The first-order valence-corrected chi connectivity index (χ1v) is 6.92. The Morgan fingerprint density at radius 1 is 1.24 bits per heavy atom. The van der Waals surface area contributed by atoms with Gasteiger partial charge in [-0.25, -0.2) is 0 Å².